The van der Waals surface area contributed by atoms with Crippen LogP contribution < -0.4 is 4.90 Å². The van der Waals surface area contributed by atoms with Gasteiger partial charge in [0.25, 0.3) is 0 Å². The molecule has 1 aliphatic heterocycles. The number of anilines is 1. The van der Waals surface area contributed by atoms with Gasteiger partial charge in [-0.2, -0.15) is 17.5 Å². The number of halogens is 3. The standard InChI is InChI=1S/C20H23F3N2O3S/c1-15-3-8-18(13-19(15)20(21,22)23)29(26,27)24(2)14-16-4-6-17(7-5-16)25-9-11-28-12-10-25/h3-8,13H,9-12,14H2,1-2H3. The maximum Gasteiger partial charge on any atom is 0.416 e. The molecule has 2 aromatic rings. The predicted molar refractivity (Wildman–Crippen MR) is 104 cm³/mol. The monoisotopic (exact) mass is 428 g/mol. The van der Waals surface area contributed by atoms with Crippen molar-refractivity contribution < 1.29 is 26.3 Å². The Bertz CT molecular complexity index is 954. The van der Waals surface area contributed by atoms with E-state index in [-0.39, 0.29) is 17.0 Å². The number of rotatable bonds is 5. The van der Waals surface area contributed by atoms with Gasteiger partial charge in [-0.3, -0.25) is 0 Å². The van der Waals surface area contributed by atoms with Crippen molar-refractivity contribution in [2.45, 2.75) is 24.5 Å². The molecule has 3 rings (SSSR count). The van der Waals surface area contributed by atoms with Gasteiger partial charge in [0.15, 0.2) is 0 Å². The van der Waals surface area contributed by atoms with Crippen LogP contribution >= 0.6 is 0 Å². The molecule has 0 amide bonds. The average Bonchev–Trinajstić information content (AvgIpc) is 2.68. The molecule has 5 nitrogen and oxygen atoms in total. The van der Waals surface area contributed by atoms with Crippen LogP contribution in [0.1, 0.15) is 16.7 Å². The molecule has 0 unspecified atom stereocenters. The number of benzene rings is 2. The van der Waals surface area contributed by atoms with Gasteiger partial charge in [0.1, 0.15) is 0 Å². The minimum absolute atomic E-state index is 0.0159. The Morgan fingerprint density at radius 2 is 1.69 bits per heavy atom. The molecular formula is C20H23F3N2O3S. The van der Waals surface area contributed by atoms with Gasteiger partial charge in [0.05, 0.1) is 23.7 Å². The maximum absolute atomic E-state index is 13.1. The zero-order valence-electron chi connectivity index (χ0n) is 16.2. The van der Waals surface area contributed by atoms with Gasteiger partial charge in [0.2, 0.25) is 10.0 Å². The highest BCUT2D eigenvalue weighted by Gasteiger charge is 2.34. The van der Waals surface area contributed by atoms with E-state index in [9.17, 15) is 21.6 Å². The Balaban J connectivity index is 1.76. The van der Waals surface area contributed by atoms with Crippen molar-refractivity contribution in [2.75, 3.05) is 38.3 Å². The fraction of sp³-hybridized carbons (Fsp3) is 0.400. The van der Waals surface area contributed by atoms with Crippen molar-refractivity contribution in [2.24, 2.45) is 0 Å². The Hall–Kier alpha value is -2.10. The smallest absolute Gasteiger partial charge is 0.378 e. The fourth-order valence-corrected chi connectivity index (χ4v) is 4.41. The third-order valence-corrected chi connectivity index (χ3v) is 6.74. The topological polar surface area (TPSA) is 49.9 Å². The van der Waals surface area contributed by atoms with Crippen molar-refractivity contribution in [3.8, 4) is 0 Å². The first-order chi connectivity index (χ1) is 13.6. The lowest BCUT2D eigenvalue weighted by Crippen LogP contribution is -2.36. The van der Waals surface area contributed by atoms with Crippen molar-refractivity contribution in [1.29, 1.82) is 0 Å². The molecule has 0 aliphatic carbocycles. The second-order valence-electron chi connectivity index (χ2n) is 7.00. The third-order valence-electron chi connectivity index (χ3n) is 4.94. The molecule has 2 aromatic carbocycles. The van der Waals surface area contributed by atoms with Crippen LogP contribution in [0.15, 0.2) is 47.4 Å². The maximum atomic E-state index is 13.1. The van der Waals surface area contributed by atoms with Gasteiger partial charge in [-0.25, -0.2) is 8.42 Å². The van der Waals surface area contributed by atoms with Crippen LogP contribution in [-0.4, -0.2) is 46.1 Å². The molecule has 1 fully saturated rings. The highest BCUT2D eigenvalue weighted by Crippen LogP contribution is 2.33. The summed E-state index contributed by atoms with van der Waals surface area (Å²) in [5.74, 6) is 0. The predicted octanol–water partition coefficient (Wildman–Crippen LogP) is 3.67. The molecule has 0 N–H and O–H groups in total. The summed E-state index contributed by atoms with van der Waals surface area (Å²) in [6.45, 7) is 4.28. The number of alkyl halides is 3. The number of ether oxygens (including phenoxy) is 1. The van der Waals surface area contributed by atoms with E-state index in [1.165, 1.54) is 26.1 Å². The van der Waals surface area contributed by atoms with Gasteiger partial charge in [-0.15, -0.1) is 0 Å². The van der Waals surface area contributed by atoms with E-state index in [4.69, 9.17) is 4.74 Å². The van der Waals surface area contributed by atoms with Crippen molar-refractivity contribution in [1.82, 2.24) is 4.31 Å². The molecule has 158 valence electrons. The molecule has 0 spiro atoms. The van der Waals surface area contributed by atoms with E-state index in [1.807, 2.05) is 24.3 Å². The number of sulfonamides is 1. The summed E-state index contributed by atoms with van der Waals surface area (Å²) in [4.78, 5) is 1.81. The second-order valence-corrected chi connectivity index (χ2v) is 9.05. The largest absolute Gasteiger partial charge is 0.416 e. The first-order valence-electron chi connectivity index (χ1n) is 9.15. The summed E-state index contributed by atoms with van der Waals surface area (Å²) >= 11 is 0. The summed E-state index contributed by atoms with van der Waals surface area (Å²) in [5.41, 5.74) is 0.812. The minimum Gasteiger partial charge on any atom is -0.378 e. The Morgan fingerprint density at radius 3 is 2.28 bits per heavy atom. The van der Waals surface area contributed by atoms with Crippen LogP contribution in [0.25, 0.3) is 0 Å². The molecule has 0 aromatic heterocycles. The molecule has 9 heteroatoms. The zero-order valence-corrected chi connectivity index (χ0v) is 17.1. The summed E-state index contributed by atoms with van der Waals surface area (Å²) in [5, 5.41) is 0. The van der Waals surface area contributed by atoms with Crippen LogP contribution in [0, 0.1) is 6.92 Å². The highest BCUT2D eigenvalue weighted by molar-refractivity contribution is 7.89. The second kappa shape index (κ2) is 8.33. The van der Waals surface area contributed by atoms with Gasteiger partial charge >= 0.3 is 6.18 Å². The molecular weight excluding hydrogens is 405 g/mol. The summed E-state index contributed by atoms with van der Waals surface area (Å²) in [7, 11) is -2.70. The lowest BCUT2D eigenvalue weighted by atomic mass is 10.1. The van der Waals surface area contributed by atoms with Crippen LogP contribution in [0.3, 0.4) is 0 Å². The van der Waals surface area contributed by atoms with Crippen molar-refractivity contribution in [3.63, 3.8) is 0 Å². The van der Waals surface area contributed by atoms with E-state index in [2.05, 4.69) is 4.90 Å². The Labute approximate surface area is 168 Å². The summed E-state index contributed by atoms with van der Waals surface area (Å²) in [6, 6.07) is 10.6. The van der Waals surface area contributed by atoms with E-state index < -0.39 is 21.8 Å². The molecule has 1 heterocycles. The Kier molecular flexibility index (Phi) is 6.21. The average molecular weight is 428 g/mol. The van der Waals surface area contributed by atoms with Gasteiger partial charge in [-0.05, 0) is 42.3 Å². The van der Waals surface area contributed by atoms with Crippen molar-refractivity contribution >= 4 is 15.7 Å². The van der Waals surface area contributed by atoms with E-state index >= 15 is 0 Å². The molecule has 0 radical (unpaired) electrons. The minimum atomic E-state index is -4.61. The van der Waals surface area contributed by atoms with Crippen LogP contribution in [-0.2, 0) is 27.5 Å². The fourth-order valence-electron chi connectivity index (χ4n) is 3.22. The van der Waals surface area contributed by atoms with E-state index in [0.29, 0.717) is 19.3 Å². The normalized spacial score (nSPS) is 15.7. The van der Waals surface area contributed by atoms with Crippen molar-refractivity contribution in [3.05, 3.63) is 59.2 Å². The number of hydrogen-bond acceptors (Lipinski definition) is 4. The third kappa shape index (κ3) is 4.91. The zero-order chi connectivity index (χ0) is 21.2. The van der Waals surface area contributed by atoms with Crippen LogP contribution in [0.2, 0.25) is 0 Å². The molecule has 0 saturated carbocycles. The Morgan fingerprint density at radius 1 is 1.07 bits per heavy atom. The first kappa shape index (κ1) is 21.6. The van der Waals surface area contributed by atoms with Crippen LogP contribution in [0.4, 0.5) is 18.9 Å². The van der Waals surface area contributed by atoms with Gasteiger partial charge < -0.3 is 9.64 Å². The van der Waals surface area contributed by atoms with Gasteiger partial charge in [-0.1, -0.05) is 18.2 Å². The lowest BCUT2D eigenvalue weighted by Gasteiger charge is -2.29. The summed E-state index contributed by atoms with van der Waals surface area (Å²) in [6.07, 6.45) is -4.61. The van der Waals surface area contributed by atoms with E-state index in [0.717, 1.165) is 28.6 Å². The molecule has 0 bridgehead atoms. The molecule has 1 aliphatic rings. The number of nitrogens with zero attached hydrogens (tertiary/aromatic N) is 2. The van der Waals surface area contributed by atoms with E-state index in [1.54, 1.807) is 0 Å². The molecule has 1 saturated heterocycles. The summed E-state index contributed by atoms with van der Waals surface area (Å²) < 4.78 is 71.3. The lowest BCUT2D eigenvalue weighted by molar-refractivity contribution is -0.138. The SMILES string of the molecule is Cc1ccc(S(=O)(=O)N(C)Cc2ccc(N3CCOCC3)cc2)cc1C(F)(F)F. The highest BCUT2D eigenvalue weighted by atomic mass is 32.2. The molecule has 0 atom stereocenters. The van der Waals surface area contributed by atoms with Crippen LogP contribution in [0.5, 0.6) is 0 Å². The van der Waals surface area contributed by atoms with Gasteiger partial charge in [0, 0.05) is 32.4 Å². The number of hydrogen-bond donors (Lipinski definition) is 0. The first-order valence-corrected chi connectivity index (χ1v) is 10.6. The quantitative estimate of drug-likeness (QED) is 0.729. The number of aryl methyl sites for hydroxylation is 1. The number of morpholine rings is 1. The molecule has 29 heavy (non-hydrogen) atoms.